The highest BCUT2D eigenvalue weighted by atomic mass is 35.5. The average molecular weight is 271 g/mol. The van der Waals surface area contributed by atoms with Crippen LogP contribution in [-0.2, 0) is 4.79 Å². The van der Waals surface area contributed by atoms with E-state index < -0.39 is 5.24 Å². The summed E-state index contributed by atoms with van der Waals surface area (Å²) in [4.78, 5) is 22.5. The fourth-order valence-electron chi connectivity index (χ4n) is 1.37. The summed E-state index contributed by atoms with van der Waals surface area (Å²) in [6.07, 6.45) is 2.06. The summed E-state index contributed by atoms with van der Waals surface area (Å²) in [5.74, 6) is 0.284. The molecule has 1 aromatic carbocycles. The molecule has 0 amide bonds. The lowest BCUT2D eigenvalue weighted by Crippen LogP contribution is -2.08. The smallest absolute Gasteiger partial charge is 0.311 e. The van der Waals surface area contributed by atoms with Crippen molar-refractivity contribution in [3.8, 4) is 11.5 Å². The Bertz CT molecular complexity index is 443. The molecule has 5 heteroatoms. The van der Waals surface area contributed by atoms with Crippen molar-refractivity contribution in [1.29, 1.82) is 0 Å². The van der Waals surface area contributed by atoms with Crippen LogP contribution in [0, 0.1) is 0 Å². The van der Waals surface area contributed by atoms with Crippen molar-refractivity contribution < 1.29 is 19.1 Å². The molecule has 0 aliphatic heterocycles. The molecule has 0 bridgehead atoms. The average Bonchev–Trinajstić information content (AvgIpc) is 2.36. The number of esters is 1. The van der Waals surface area contributed by atoms with Crippen LogP contribution in [0.2, 0.25) is 0 Å². The molecule has 0 aliphatic carbocycles. The molecule has 0 saturated heterocycles. The zero-order chi connectivity index (χ0) is 13.5. The minimum atomic E-state index is -0.586. The van der Waals surface area contributed by atoms with Gasteiger partial charge in [0.1, 0.15) is 0 Å². The van der Waals surface area contributed by atoms with E-state index in [0.29, 0.717) is 23.5 Å². The second kappa shape index (κ2) is 7.01. The number of rotatable bonds is 6. The van der Waals surface area contributed by atoms with Crippen molar-refractivity contribution >= 4 is 22.8 Å². The van der Waals surface area contributed by atoms with Gasteiger partial charge in [-0.1, -0.05) is 13.3 Å². The Morgan fingerprint density at radius 3 is 2.56 bits per heavy atom. The Morgan fingerprint density at radius 1 is 1.28 bits per heavy atom. The monoisotopic (exact) mass is 270 g/mol. The maximum Gasteiger partial charge on any atom is 0.311 e. The van der Waals surface area contributed by atoms with Gasteiger partial charge in [-0.25, -0.2) is 0 Å². The fourth-order valence-corrected chi connectivity index (χ4v) is 1.49. The number of halogens is 1. The van der Waals surface area contributed by atoms with Crippen molar-refractivity contribution in [2.45, 2.75) is 26.2 Å². The number of carbonyl (C=O) groups excluding carboxylic acids is 2. The summed E-state index contributed by atoms with van der Waals surface area (Å²) >= 11 is 5.36. The van der Waals surface area contributed by atoms with Crippen molar-refractivity contribution in [3.63, 3.8) is 0 Å². The van der Waals surface area contributed by atoms with Crippen LogP contribution in [-0.4, -0.2) is 18.3 Å². The summed E-state index contributed by atoms with van der Waals surface area (Å²) in [7, 11) is 1.43. The SMILES string of the molecule is CCCCC(=O)Oc1ccc(C(=O)Cl)cc1OC. The Morgan fingerprint density at radius 2 is 2.00 bits per heavy atom. The summed E-state index contributed by atoms with van der Waals surface area (Å²) in [5.41, 5.74) is 0.293. The lowest BCUT2D eigenvalue weighted by molar-refractivity contribution is -0.134. The van der Waals surface area contributed by atoms with Crippen LogP contribution in [0.15, 0.2) is 18.2 Å². The predicted molar refractivity (Wildman–Crippen MR) is 68.3 cm³/mol. The standard InChI is InChI=1S/C13H15ClO4/c1-3-4-5-12(15)18-10-7-6-9(13(14)16)8-11(10)17-2/h6-8H,3-5H2,1-2H3. The third-order valence-corrected chi connectivity index (χ3v) is 2.57. The predicted octanol–water partition coefficient (Wildman–Crippen LogP) is 3.17. The molecule has 0 aromatic heterocycles. The molecule has 0 spiro atoms. The minimum absolute atomic E-state index is 0.292. The first-order valence-corrected chi connectivity index (χ1v) is 6.04. The molecule has 0 N–H and O–H groups in total. The lowest BCUT2D eigenvalue weighted by atomic mass is 10.2. The third-order valence-electron chi connectivity index (χ3n) is 2.35. The highest BCUT2D eigenvalue weighted by Crippen LogP contribution is 2.29. The maximum absolute atomic E-state index is 11.5. The van der Waals surface area contributed by atoms with Gasteiger partial charge < -0.3 is 9.47 Å². The van der Waals surface area contributed by atoms with E-state index >= 15 is 0 Å². The van der Waals surface area contributed by atoms with Crippen molar-refractivity contribution in [1.82, 2.24) is 0 Å². The second-order valence-corrected chi connectivity index (χ2v) is 4.06. The third kappa shape index (κ3) is 4.04. The highest BCUT2D eigenvalue weighted by Gasteiger charge is 2.12. The van der Waals surface area contributed by atoms with E-state index in [1.165, 1.54) is 25.3 Å². The Hall–Kier alpha value is -1.55. The summed E-state index contributed by atoms with van der Waals surface area (Å²) in [6, 6.07) is 4.43. The number of unbranched alkanes of at least 4 members (excludes halogenated alkanes) is 1. The van der Waals surface area contributed by atoms with E-state index in [0.717, 1.165) is 12.8 Å². The van der Waals surface area contributed by atoms with E-state index in [4.69, 9.17) is 21.1 Å². The summed E-state index contributed by atoms with van der Waals surface area (Å²) in [6.45, 7) is 1.99. The van der Waals surface area contributed by atoms with Crippen LogP contribution in [0.3, 0.4) is 0 Å². The topological polar surface area (TPSA) is 52.6 Å². The number of hydrogen-bond donors (Lipinski definition) is 0. The van der Waals surface area contributed by atoms with Gasteiger partial charge in [-0.3, -0.25) is 9.59 Å². The second-order valence-electron chi connectivity index (χ2n) is 3.72. The van der Waals surface area contributed by atoms with Crippen LogP contribution >= 0.6 is 11.6 Å². The molecule has 0 fully saturated rings. The lowest BCUT2D eigenvalue weighted by Gasteiger charge is -2.09. The van der Waals surface area contributed by atoms with Gasteiger partial charge in [0.05, 0.1) is 7.11 Å². The van der Waals surface area contributed by atoms with Crippen LogP contribution in [0.5, 0.6) is 11.5 Å². The van der Waals surface area contributed by atoms with Crippen LogP contribution in [0.1, 0.15) is 36.5 Å². The molecule has 98 valence electrons. The fraction of sp³-hybridized carbons (Fsp3) is 0.385. The highest BCUT2D eigenvalue weighted by molar-refractivity contribution is 6.67. The molecule has 0 saturated carbocycles. The van der Waals surface area contributed by atoms with Crippen LogP contribution in [0.25, 0.3) is 0 Å². The number of carbonyl (C=O) groups is 2. The molecular formula is C13H15ClO4. The first-order valence-electron chi connectivity index (χ1n) is 5.67. The van der Waals surface area contributed by atoms with E-state index in [-0.39, 0.29) is 5.97 Å². The van der Waals surface area contributed by atoms with Crippen molar-refractivity contribution in [3.05, 3.63) is 23.8 Å². The minimum Gasteiger partial charge on any atom is -0.493 e. The van der Waals surface area contributed by atoms with Gasteiger partial charge in [-0.05, 0) is 36.2 Å². The van der Waals surface area contributed by atoms with Gasteiger partial charge in [-0.2, -0.15) is 0 Å². The normalized spacial score (nSPS) is 9.94. The summed E-state index contributed by atoms with van der Waals surface area (Å²) < 4.78 is 10.2. The Labute approximate surface area is 111 Å². The van der Waals surface area contributed by atoms with Gasteiger partial charge in [-0.15, -0.1) is 0 Å². The molecule has 0 unspecified atom stereocenters. The molecule has 0 atom stereocenters. The van der Waals surface area contributed by atoms with Crippen molar-refractivity contribution in [2.24, 2.45) is 0 Å². The van der Waals surface area contributed by atoms with E-state index in [2.05, 4.69) is 0 Å². The van der Waals surface area contributed by atoms with Gasteiger partial charge in [0.2, 0.25) is 0 Å². The number of ether oxygens (including phenoxy) is 2. The largest absolute Gasteiger partial charge is 0.493 e. The summed E-state index contributed by atoms with van der Waals surface area (Å²) in [5, 5.41) is -0.586. The zero-order valence-electron chi connectivity index (χ0n) is 10.4. The molecule has 4 nitrogen and oxygen atoms in total. The molecule has 1 aromatic rings. The van der Waals surface area contributed by atoms with Crippen LogP contribution < -0.4 is 9.47 Å². The quantitative estimate of drug-likeness (QED) is 0.453. The van der Waals surface area contributed by atoms with Crippen LogP contribution in [0.4, 0.5) is 0 Å². The van der Waals surface area contributed by atoms with Gasteiger partial charge >= 0.3 is 5.97 Å². The van der Waals surface area contributed by atoms with E-state index in [1.54, 1.807) is 0 Å². The first-order chi connectivity index (χ1) is 8.58. The Kier molecular flexibility index (Phi) is 5.65. The van der Waals surface area contributed by atoms with Gasteiger partial charge in [0.15, 0.2) is 11.5 Å². The van der Waals surface area contributed by atoms with E-state index in [9.17, 15) is 9.59 Å². The molecule has 0 aliphatic rings. The molecule has 1 rings (SSSR count). The number of hydrogen-bond acceptors (Lipinski definition) is 4. The van der Waals surface area contributed by atoms with E-state index in [1.807, 2.05) is 6.92 Å². The zero-order valence-corrected chi connectivity index (χ0v) is 11.1. The number of methoxy groups -OCH3 is 1. The number of benzene rings is 1. The molecular weight excluding hydrogens is 256 g/mol. The Balaban J connectivity index is 2.82. The van der Waals surface area contributed by atoms with Gasteiger partial charge in [0.25, 0.3) is 5.24 Å². The van der Waals surface area contributed by atoms with Gasteiger partial charge in [0, 0.05) is 12.0 Å². The van der Waals surface area contributed by atoms with Crippen molar-refractivity contribution in [2.75, 3.05) is 7.11 Å². The molecule has 0 radical (unpaired) electrons. The molecule has 18 heavy (non-hydrogen) atoms. The molecule has 0 heterocycles. The first kappa shape index (κ1) is 14.5. The maximum atomic E-state index is 11.5.